The van der Waals surface area contributed by atoms with Gasteiger partial charge in [0.2, 0.25) is 0 Å². The third-order valence-corrected chi connectivity index (χ3v) is 4.13. The minimum absolute atomic E-state index is 0.119. The molecule has 0 aromatic heterocycles. The molecule has 0 atom stereocenters. The summed E-state index contributed by atoms with van der Waals surface area (Å²) >= 11 is 0. The molecule has 0 saturated heterocycles. The molecule has 8 nitrogen and oxygen atoms in total. The Morgan fingerprint density at radius 3 is 2.19 bits per heavy atom. The summed E-state index contributed by atoms with van der Waals surface area (Å²) in [6.45, 7) is 0.468. The monoisotopic (exact) mass is 368 g/mol. The number of rotatable bonds is 8. The fourth-order valence-corrected chi connectivity index (χ4v) is 2.54. The van der Waals surface area contributed by atoms with Crippen molar-refractivity contribution in [1.29, 1.82) is 0 Å². The lowest BCUT2D eigenvalue weighted by Crippen LogP contribution is -2.34. The van der Waals surface area contributed by atoms with E-state index in [-0.39, 0.29) is 36.3 Å². The molecule has 2 aromatic rings. The zero-order valence-electron chi connectivity index (χ0n) is 14.6. The quantitative estimate of drug-likeness (QED) is 0.376. The molecule has 3 rings (SSSR count). The highest BCUT2D eigenvalue weighted by molar-refractivity contribution is 5.96. The van der Waals surface area contributed by atoms with Gasteiger partial charge in [0, 0.05) is 36.3 Å². The maximum atomic E-state index is 12.2. The maximum absolute atomic E-state index is 12.2. The summed E-state index contributed by atoms with van der Waals surface area (Å²) in [4.78, 5) is 34.9. The molecule has 0 heterocycles. The van der Waals surface area contributed by atoms with Crippen LogP contribution in [0.3, 0.4) is 0 Å². The molecule has 27 heavy (non-hydrogen) atoms. The Morgan fingerprint density at radius 2 is 1.59 bits per heavy atom. The number of carbonyl (C=O) groups excluding carboxylic acids is 2. The highest BCUT2D eigenvalue weighted by atomic mass is 16.6. The van der Waals surface area contributed by atoms with Crippen molar-refractivity contribution < 1.29 is 14.5 Å². The van der Waals surface area contributed by atoms with E-state index in [1.54, 1.807) is 36.4 Å². The summed E-state index contributed by atoms with van der Waals surface area (Å²) in [6.07, 6.45) is 1.99. The lowest BCUT2D eigenvalue weighted by molar-refractivity contribution is -0.384. The van der Waals surface area contributed by atoms with Gasteiger partial charge in [0.15, 0.2) is 0 Å². The summed E-state index contributed by atoms with van der Waals surface area (Å²) in [6, 6.07) is 13.4. The van der Waals surface area contributed by atoms with Crippen molar-refractivity contribution in [3.05, 3.63) is 69.8 Å². The van der Waals surface area contributed by atoms with Crippen molar-refractivity contribution in [3.8, 4) is 0 Å². The number of hydrogen-bond donors (Lipinski definition) is 3. The van der Waals surface area contributed by atoms with E-state index in [9.17, 15) is 19.7 Å². The highest BCUT2D eigenvalue weighted by Crippen LogP contribution is 2.31. The van der Waals surface area contributed by atoms with E-state index in [4.69, 9.17) is 0 Å². The maximum Gasteiger partial charge on any atom is 0.293 e. The summed E-state index contributed by atoms with van der Waals surface area (Å²) in [7, 11) is 0. The first-order valence-electron chi connectivity index (χ1n) is 8.71. The van der Waals surface area contributed by atoms with Crippen LogP contribution < -0.4 is 16.0 Å². The van der Waals surface area contributed by atoms with Gasteiger partial charge in [-0.1, -0.05) is 18.2 Å². The Kier molecular flexibility index (Phi) is 5.65. The lowest BCUT2D eigenvalue weighted by atomic mass is 10.1. The van der Waals surface area contributed by atoms with Crippen LogP contribution in [0.25, 0.3) is 0 Å². The van der Waals surface area contributed by atoms with Crippen LogP contribution >= 0.6 is 0 Å². The van der Waals surface area contributed by atoms with Crippen LogP contribution in [0.5, 0.6) is 0 Å². The highest BCUT2D eigenvalue weighted by Gasteiger charge is 2.25. The first-order chi connectivity index (χ1) is 13.0. The Balaban J connectivity index is 1.52. The molecule has 140 valence electrons. The standard InChI is InChI=1S/C19H20N4O4/c24-18(13-4-2-1-3-5-13)20-10-11-21-19(25)14-6-9-16(22-15-7-8-15)17(12-14)23(26)27/h1-6,9,12,15,22H,7-8,10-11H2,(H,20,24)(H,21,25). The van der Waals surface area contributed by atoms with Gasteiger partial charge in [0.05, 0.1) is 4.92 Å². The van der Waals surface area contributed by atoms with E-state index in [0.717, 1.165) is 12.8 Å². The lowest BCUT2D eigenvalue weighted by Gasteiger charge is -2.09. The molecule has 0 spiro atoms. The van der Waals surface area contributed by atoms with E-state index in [1.807, 2.05) is 6.07 Å². The van der Waals surface area contributed by atoms with Crippen molar-refractivity contribution >= 4 is 23.2 Å². The van der Waals surface area contributed by atoms with Crippen molar-refractivity contribution in [1.82, 2.24) is 10.6 Å². The number of nitro groups is 1. The fraction of sp³-hybridized carbons (Fsp3) is 0.263. The molecule has 1 aliphatic carbocycles. The molecule has 1 saturated carbocycles. The van der Waals surface area contributed by atoms with Crippen LogP contribution in [-0.4, -0.2) is 35.9 Å². The van der Waals surface area contributed by atoms with Crippen molar-refractivity contribution in [2.45, 2.75) is 18.9 Å². The van der Waals surface area contributed by atoms with Gasteiger partial charge in [0.1, 0.15) is 5.69 Å². The van der Waals surface area contributed by atoms with E-state index >= 15 is 0 Å². The average Bonchev–Trinajstić information content (AvgIpc) is 3.49. The number of benzene rings is 2. The topological polar surface area (TPSA) is 113 Å². The minimum Gasteiger partial charge on any atom is -0.377 e. The van der Waals surface area contributed by atoms with Gasteiger partial charge in [-0.25, -0.2) is 0 Å². The third-order valence-electron chi connectivity index (χ3n) is 4.13. The van der Waals surface area contributed by atoms with Gasteiger partial charge in [-0.3, -0.25) is 19.7 Å². The van der Waals surface area contributed by atoms with E-state index in [0.29, 0.717) is 11.3 Å². The number of amides is 2. The molecule has 3 N–H and O–H groups in total. The van der Waals surface area contributed by atoms with Crippen LogP contribution in [0.15, 0.2) is 48.5 Å². The normalized spacial score (nSPS) is 12.9. The summed E-state index contributed by atoms with van der Waals surface area (Å²) < 4.78 is 0. The minimum atomic E-state index is -0.498. The van der Waals surface area contributed by atoms with Crippen LogP contribution in [0.2, 0.25) is 0 Å². The second-order valence-electron chi connectivity index (χ2n) is 6.29. The predicted octanol–water partition coefficient (Wildman–Crippen LogP) is 2.33. The molecule has 0 radical (unpaired) electrons. The number of nitrogens with one attached hydrogen (secondary N) is 3. The van der Waals surface area contributed by atoms with Gasteiger partial charge in [0.25, 0.3) is 17.5 Å². The summed E-state index contributed by atoms with van der Waals surface area (Å²) in [5.41, 5.74) is 1.05. The van der Waals surface area contributed by atoms with Gasteiger partial charge >= 0.3 is 0 Å². The zero-order chi connectivity index (χ0) is 19.2. The summed E-state index contributed by atoms with van der Waals surface area (Å²) in [5.74, 6) is -0.652. The van der Waals surface area contributed by atoms with Crippen LogP contribution in [0, 0.1) is 10.1 Å². The molecule has 1 fully saturated rings. The molecule has 2 amide bonds. The van der Waals surface area contributed by atoms with Crippen molar-refractivity contribution in [2.75, 3.05) is 18.4 Å². The molecule has 0 unspecified atom stereocenters. The second-order valence-corrected chi connectivity index (χ2v) is 6.29. The molecular formula is C19H20N4O4. The van der Waals surface area contributed by atoms with E-state index in [1.165, 1.54) is 6.07 Å². The molecule has 8 heteroatoms. The van der Waals surface area contributed by atoms with E-state index < -0.39 is 10.8 Å². The molecule has 0 aliphatic heterocycles. The Morgan fingerprint density at radius 1 is 0.963 bits per heavy atom. The van der Waals surface area contributed by atoms with Gasteiger partial charge in [-0.15, -0.1) is 0 Å². The average molecular weight is 368 g/mol. The number of nitrogens with zero attached hydrogens (tertiary/aromatic N) is 1. The largest absolute Gasteiger partial charge is 0.377 e. The number of carbonyl (C=O) groups is 2. The number of nitro benzene ring substituents is 1. The van der Waals surface area contributed by atoms with Crippen molar-refractivity contribution in [2.24, 2.45) is 0 Å². The SMILES string of the molecule is O=C(NCCNC(=O)c1ccc(NC2CC2)c([N+](=O)[O-])c1)c1ccccc1. The zero-order valence-corrected chi connectivity index (χ0v) is 14.6. The molecule has 1 aliphatic rings. The second kappa shape index (κ2) is 8.31. The van der Waals surface area contributed by atoms with Gasteiger partial charge < -0.3 is 16.0 Å². The number of anilines is 1. The Labute approximate surface area is 156 Å². The summed E-state index contributed by atoms with van der Waals surface area (Å²) in [5, 5.41) is 19.7. The van der Waals surface area contributed by atoms with Crippen LogP contribution in [0.4, 0.5) is 11.4 Å². The van der Waals surface area contributed by atoms with E-state index in [2.05, 4.69) is 16.0 Å². The Bertz CT molecular complexity index is 850. The van der Waals surface area contributed by atoms with Crippen molar-refractivity contribution in [3.63, 3.8) is 0 Å². The van der Waals surface area contributed by atoms with Gasteiger partial charge in [-0.2, -0.15) is 0 Å². The van der Waals surface area contributed by atoms with Crippen LogP contribution in [-0.2, 0) is 0 Å². The van der Waals surface area contributed by atoms with Gasteiger partial charge in [-0.05, 0) is 37.1 Å². The Hall–Kier alpha value is -3.42. The molecule has 2 aromatic carbocycles. The number of hydrogen-bond acceptors (Lipinski definition) is 5. The smallest absolute Gasteiger partial charge is 0.293 e. The first-order valence-corrected chi connectivity index (χ1v) is 8.71. The van der Waals surface area contributed by atoms with Crippen LogP contribution in [0.1, 0.15) is 33.6 Å². The predicted molar refractivity (Wildman–Crippen MR) is 101 cm³/mol. The molecular weight excluding hydrogens is 348 g/mol. The fourth-order valence-electron chi connectivity index (χ4n) is 2.54. The third kappa shape index (κ3) is 5.04. The first kappa shape index (κ1) is 18.4. The molecule has 0 bridgehead atoms.